The Labute approximate surface area is 133 Å². The van der Waals surface area contributed by atoms with Gasteiger partial charge in [0.05, 0.1) is 12.2 Å². The molecule has 1 saturated carbocycles. The minimum Gasteiger partial charge on any atom is -0.311 e. The van der Waals surface area contributed by atoms with E-state index in [-0.39, 0.29) is 0 Å². The molecule has 0 aromatic carbocycles. The Morgan fingerprint density at radius 3 is 2.67 bits per heavy atom. The van der Waals surface area contributed by atoms with E-state index in [1.165, 1.54) is 41.4 Å². The van der Waals surface area contributed by atoms with Gasteiger partial charge in [0.2, 0.25) is 0 Å². The van der Waals surface area contributed by atoms with E-state index in [0.717, 1.165) is 31.0 Å². The molecule has 2 aliphatic rings. The number of thiazole rings is 1. The van der Waals surface area contributed by atoms with E-state index in [4.69, 9.17) is 4.98 Å². The molecule has 1 N–H and O–H groups in total. The molecule has 3 nitrogen and oxygen atoms in total. The number of hydrogen-bond acceptors (Lipinski definition) is 4. The molecule has 0 spiro atoms. The van der Waals surface area contributed by atoms with Gasteiger partial charge in [0.25, 0.3) is 0 Å². The Bertz CT molecular complexity index is 459. The molecular weight excluding hydrogens is 278 g/mol. The van der Waals surface area contributed by atoms with E-state index in [9.17, 15) is 0 Å². The quantitative estimate of drug-likeness (QED) is 0.904. The fraction of sp³-hybridized carbons (Fsp3) is 0.824. The second kappa shape index (κ2) is 6.35. The maximum atomic E-state index is 4.76. The van der Waals surface area contributed by atoms with Crippen LogP contribution in [0, 0.1) is 25.7 Å². The molecule has 2 fully saturated rings. The second-order valence-electron chi connectivity index (χ2n) is 7.31. The van der Waals surface area contributed by atoms with Crippen molar-refractivity contribution >= 4 is 11.3 Å². The summed E-state index contributed by atoms with van der Waals surface area (Å²) in [6, 6.07) is 1.39. The van der Waals surface area contributed by atoms with Crippen molar-refractivity contribution in [2.75, 3.05) is 13.1 Å². The van der Waals surface area contributed by atoms with Crippen LogP contribution in [0.1, 0.15) is 48.7 Å². The summed E-state index contributed by atoms with van der Waals surface area (Å²) < 4.78 is 0. The van der Waals surface area contributed by atoms with Crippen molar-refractivity contribution in [2.24, 2.45) is 11.8 Å². The summed E-state index contributed by atoms with van der Waals surface area (Å²) >= 11 is 1.88. The summed E-state index contributed by atoms with van der Waals surface area (Å²) in [6.07, 6.45) is 4.14. The Morgan fingerprint density at radius 1 is 1.33 bits per heavy atom. The molecule has 3 rings (SSSR count). The second-order valence-corrected chi connectivity index (χ2v) is 8.60. The van der Waals surface area contributed by atoms with Crippen LogP contribution >= 0.6 is 11.3 Å². The Balaban J connectivity index is 1.68. The SMILES string of the molecule is Cc1nc(CN2CC(C3CC3)NCC2CC(C)C)sc1C. The Kier molecular flexibility index (Phi) is 4.67. The predicted molar refractivity (Wildman–Crippen MR) is 89.8 cm³/mol. The van der Waals surface area contributed by atoms with Crippen LogP contribution in [0.15, 0.2) is 0 Å². The van der Waals surface area contributed by atoms with Crippen LogP contribution in [0.5, 0.6) is 0 Å². The summed E-state index contributed by atoms with van der Waals surface area (Å²) in [5.74, 6) is 1.70. The summed E-state index contributed by atoms with van der Waals surface area (Å²) in [4.78, 5) is 8.84. The molecule has 21 heavy (non-hydrogen) atoms. The van der Waals surface area contributed by atoms with E-state index in [1.54, 1.807) is 0 Å². The van der Waals surface area contributed by atoms with Crippen LogP contribution in [-0.2, 0) is 6.54 Å². The van der Waals surface area contributed by atoms with Crippen molar-refractivity contribution in [1.29, 1.82) is 0 Å². The highest BCUT2D eigenvalue weighted by atomic mass is 32.1. The Morgan fingerprint density at radius 2 is 2.10 bits per heavy atom. The summed E-state index contributed by atoms with van der Waals surface area (Å²) in [7, 11) is 0. The first-order chi connectivity index (χ1) is 10.0. The molecular formula is C17H29N3S. The number of piperazine rings is 1. The lowest BCUT2D eigenvalue weighted by molar-refractivity contribution is 0.0998. The molecule has 1 aromatic heterocycles. The molecule has 1 aromatic rings. The van der Waals surface area contributed by atoms with Gasteiger partial charge in [-0.3, -0.25) is 4.90 Å². The van der Waals surface area contributed by atoms with Gasteiger partial charge >= 0.3 is 0 Å². The molecule has 1 aliphatic heterocycles. The van der Waals surface area contributed by atoms with Gasteiger partial charge in [-0.25, -0.2) is 4.98 Å². The minimum atomic E-state index is 0.671. The standard InChI is InChI=1S/C17H29N3S/c1-11(2)7-15-8-18-16(14-5-6-14)9-20(15)10-17-19-12(3)13(4)21-17/h11,14-16,18H,5-10H2,1-4H3. The predicted octanol–water partition coefficient (Wildman–Crippen LogP) is 3.36. The first kappa shape index (κ1) is 15.4. The summed E-state index contributed by atoms with van der Waals surface area (Å²) in [5, 5.41) is 5.11. The number of nitrogens with one attached hydrogen (secondary N) is 1. The van der Waals surface area contributed by atoms with Crippen LogP contribution in [0.4, 0.5) is 0 Å². The van der Waals surface area contributed by atoms with Gasteiger partial charge in [0.15, 0.2) is 0 Å². The van der Waals surface area contributed by atoms with Gasteiger partial charge in [0.1, 0.15) is 5.01 Å². The maximum Gasteiger partial charge on any atom is 0.107 e. The first-order valence-corrected chi connectivity index (χ1v) is 9.25. The van der Waals surface area contributed by atoms with Gasteiger partial charge < -0.3 is 5.32 Å². The number of rotatable bonds is 5. The number of aromatic nitrogens is 1. The molecule has 0 bridgehead atoms. The van der Waals surface area contributed by atoms with Gasteiger partial charge in [0, 0.05) is 30.1 Å². The molecule has 1 aliphatic carbocycles. The van der Waals surface area contributed by atoms with E-state index in [0.29, 0.717) is 6.04 Å². The molecule has 4 heteroatoms. The molecule has 1 saturated heterocycles. The van der Waals surface area contributed by atoms with Gasteiger partial charge in [-0.05, 0) is 44.9 Å². The topological polar surface area (TPSA) is 28.2 Å². The third kappa shape index (κ3) is 3.85. The third-order valence-corrected chi connectivity index (χ3v) is 5.97. The van der Waals surface area contributed by atoms with E-state index in [2.05, 4.69) is 37.9 Å². The fourth-order valence-electron chi connectivity index (χ4n) is 3.45. The highest BCUT2D eigenvalue weighted by molar-refractivity contribution is 7.11. The van der Waals surface area contributed by atoms with E-state index >= 15 is 0 Å². The summed E-state index contributed by atoms with van der Waals surface area (Å²) in [6.45, 7) is 12.4. The molecule has 2 heterocycles. The fourth-order valence-corrected chi connectivity index (χ4v) is 4.41. The zero-order valence-electron chi connectivity index (χ0n) is 13.9. The van der Waals surface area contributed by atoms with Crippen LogP contribution in [0.2, 0.25) is 0 Å². The zero-order chi connectivity index (χ0) is 15.0. The lowest BCUT2D eigenvalue weighted by atomic mass is 9.98. The number of nitrogens with zero attached hydrogens (tertiary/aromatic N) is 2. The highest BCUT2D eigenvalue weighted by Gasteiger charge is 2.37. The normalized spacial score (nSPS) is 27.5. The highest BCUT2D eigenvalue weighted by Crippen LogP contribution is 2.35. The van der Waals surface area contributed by atoms with Crippen molar-refractivity contribution in [3.05, 3.63) is 15.6 Å². The average Bonchev–Trinajstić information content (AvgIpc) is 3.19. The van der Waals surface area contributed by atoms with Crippen LogP contribution in [-0.4, -0.2) is 35.1 Å². The third-order valence-electron chi connectivity index (χ3n) is 4.91. The monoisotopic (exact) mass is 307 g/mol. The van der Waals surface area contributed by atoms with Crippen molar-refractivity contribution in [1.82, 2.24) is 15.2 Å². The minimum absolute atomic E-state index is 0.671. The first-order valence-electron chi connectivity index (χ1n) is 8.43. The molecule has 2 atom stereocenters. The van der Waals surface area contributed by atoms with Crippen molar-refractivity contribution in [2.45, 2.75) is 65.6 Å². The van der Waals surface area contributed by atoms with Crippen molar-refractivity contribution in [3.63, 3.8) is 0 Å². The van der Waals surface area contributed by atoms with E-state index in [1.807, 2.05) is 11.3 Å². The Hall–Kier alpha value is -0.450. The largest absolute Gasteiger partial charge is 0.311 e. The van der Waals surface area contributed by atoms with Gasteiger partial charge in [-0.2, -0.15) is 0 Å². The zero-order valence-corrected chi connectivity index (χ0v) is 14.7. The maximum absolute atomic E-state index is 4.76. The average molecular weight is 308 g/mol. The number of hydrogen-bond donors (Lipinski definition) is 1. The summed E-state index contributed by atoms with van der Waals surface area (Å²) in [5.41, 5.74) is 1.21. The smallest absolute Gasteiger partial charge is 0.107 e. The van der Waals surface area contributed by atoms with E-state index < -0.39 is 0 Å². The van der Waals surface area contributed by atoms with Crippen molar-refractivity contribution < 1.29 is 0 Å². The van der Waals surface area contributed by atoms with Crippen LogP contribution in [0.3, 0.4) is 0 Å². The number of aryl methyl sites for hydroxylation is 2. The lowest BCUT2D eigenvalue weighted by Gasteiger charge is -2.41. The molecule has 2 unspecified atom stereocenters. The van der Waals surface area contributed by atoms with Gasteiger partial charge in [-0.1, -0.05) is 13.8 Å². The van der Waals surface area contributed by atoms with Crippen LogP contribution in [0.25, 0.3) is 0 Å². The van der Waals surface area contributed by atoms with Crippen LogP contribution < -0.4 is 5.32 Å². The molecule has 0 amide bonds. The molecule has 118 valence electrons. The van der Waals surface area contributed by atoms with Gasteiger partial charge in [-0.15, -0.1) is 11.3 Å². The van der Waals surface area contributed by atoms with Crippen molar-refractivity contribution in [3.8, 4) is 0 Å². The lowest BCUT2D eigenvalue weighted by Crippen LogP contribution is -2.57. The molecule has 0 radical (unpaired) electrons.